The molecule has 0 bridgehead atoms. The first-order valence-electron chi connectivity index (χ1n) is 9.59. The van der Waals surface area contributed by atoms with Crippen molar-refractivity contribution in [3.8, 4) is 0 Å². The molecule has 1 aromatic rings. The summed E-state index contributed by atoms with van der Waals surface area (Å²) in [7, 11) is 0. The first-order chi connectivity index (χ1) is 11.8. The maximum absolute atomic E-state index is 12.6. The van der Waals surface area contributed by atoms with Crippen molar-refractivity contribution in [2.75, 3.05) is 44.2 Å². The minimum Gasteiger partial charge on any atom is -0.313 e. The lowest BCUT2D eigenvalue weighted by molar-refractivity contribution is -0.119. The van der Waals surface area contributed by atoms with Gasteiger partial charge in [0.25, 0.3) is 0 Å². The summed E-state index contributed by atoms with van der Waals surface area (Å²) in [6.07, 6.45) is 6.21. The number of hydrogen-bond acceptors (Lipinski definition) is 3. The zero-order valence-corrected chi connectivity index (χ0v) is 15.0. The number of carbonyl (C=O) groups is 1. The lowest BCUT2D eigenvalue weighted by Gasteiger charge is -2.38. The average Bonchev–Trinajstić information content (AvgIpc) is 3.17. The molecule has 1 heterocycles. The van der Waals surface area contributed by atoms with E-state index < -0.39 is 0 Å². The molecule has 1 aliphatic carbocycles. The van der Waals surface area contributed by atoms with Gasteiger partial charge in [0.15, 0.2) is 0 Å². The van der Waals surface area contributed by atoms with E-state index in [0.717, 1.165) is 37.9 Å². The highest BCUT2D eigenvalue weighted by atomic mass is 16.2. The van der Waals surface area contributed by atoms with Gasteiger partial charge in [0, 0.05) is 57.4 Å². The highest BCUT2D eigenvalue weighted by Crippen LogP contribution is 2.24. The summed E-state index contributed by atoms with van der Waals surface area (Å²) in [6.45, 7) is 8.25. The molecule has 4 heteroatoms. The van der Waals surface area contributed by atoms with Gasteiger partial charge < -0.3 is 9.80 Å². The van der Waals surface area contributed by atoms with E-state index in [9.17, 15) is 4.79 Å². The molecule has 4 nitrogen and oxygen atoms in total. The number of rotatable bonds is 6. The van der Waals surface area contributed by atoms with Crippen LogP contribution in [0.15, 0.2) is 30.3 Å². The van der Waals surface area contributed by atoms with Gasteiger partial charge in [0.05, 0.1) is 0 Å². The molecule has 2 aliphatic rings. The zero-order chi connectivity index (χ0) is 16.8. The van der Waals surface area contributed by atoms with Crippen LogP contribution in [-0.4, -0.2) is 61.0 Å². The third-order valence-corrected chi connectivity index (χ3v) is 5.58. The molecule has 1 aromatic carbocycles. The number of amides is 1. The Morgan fingerprint density at radius 1 is 1.08 bits per heavy atom. The number of piperazine rings is 1. The monoisotopic (exact) mass is 329 g/mol. The average molecular weight is 329 g/mol. The molecule has 0 radical (unpaired) electrons. The van der Waals surface area contributed by atoms with Gasteiger partial charge in [-0.25, -0.2) is 0 Å². The molecule has 0 N–H and O–H groups in total. The first kappa shape index (κ1) is 17.4. The molecule has 0 atom stereocenters. The Morgan fingerprint density at radius 2 is 1.75 bits per heavy atom. The van der Waals surface area contributed by atoms with Crippen LogP contribution in [-0.2, 0) is 4.79 Å². The lowest BCUT2D eigenvalue weighted by atomic mass is 10.1. The van der Waals surface area contributed by atoms with Gasteiger partial charge in [0.2, 0.25) is 5.91 Å². The van der Waals surface area contributed by atoms with Gasteiger partial charge in [-0.3, -0.25) is 9.69 Å². The highest BCUT2D eigenvalue weighted by Gasteiger charge is 2.26. The summed E-state index contributed by atoms with van der Waals surface area (Å²) in [6, 6.07) is 10.8. The van der Waals surface area contributed by atoms with E-state index in [1.807, 2.05) is 42.2 Å². The van der Waals surface area contributed by atoms with Gasteiger partial charge in [0.1, 0.15) is 0 Å². The van der Waals surface area contributed by atoms with Crippen molar-refractivity contribution in [3.05, 3.63) is 30.3 Å². The normalized spacial score (nSPS) is 20.4. The topological polar surface area (TPSA) is 26.8 Å². The Morgan fingerprint density at radius 3 is 2.38 bits per heavy atom. The molecule has 3 rings (SSSR count). The Bertz CT molecular complexity index is 505. The number of anilines is 1. The molecule has 0 spiro atoms. The van der Waals surface area contributed by atoms with Crippen molar-refractivity contribution in [1.82, 2.24) is 9.80 Å². The van der Waals surface area contributed by atoms with E-state index in [1.165, 1.54) is 38.8 Å². The van der Waals surface area contributed by atoms with Crippen LogP contribution < -0.4 is 4.90 Å². The van der Waals surface area contributed by atoms with Crippen molar-refractivity contribution >= 4 is 11.6 Å². The number of benzene rings is 1. The smallest absolute Gasteiger partial charge is 0.228 e. The molecule has 1 saturated carbocycles. The fourth-order valence-corrected chi connectivity index (χ4v) is 4.12. The van der Waals surface area contributed by atoms with Crippen LogP contribution in [0.25, 0.3) is 0 Å². The van der Waals surface area contributed by atoms with Crippen molar-refractivity contribution in [3.63, 3.8) is 0 Å². The molecule has 2 fully saturated rings. The van der Waals surface area contributed by atoms with E-state index in [4.69, 9.17) is 0 Å². The van der Waals surface area contributed by atoms with E-state index in [1.54, 1.807) is 0 Å². The van der Waals surface area contributed by atoms with Crippen LogP contribution in [0.3, 0.4) is 0 Å². The van der Waals surface area contributed by atoms with Gasteiger partial charge in [-0.05, 0) is 31.9 Å². The van der Waals surface area contributed by atoms with Crippen LogP contribution >= 0.6 is 0 Å². The summed E-state index contributed by atoms with van der Waals surface area (Å²) >= 11 is 0. The van der Waals surface area contributed by atoms with Crippen molar-refractivity contribution in [2.24, 2.45) is 0 Å². The second-order valence-corrected chi connectivity index (χ2v) is 7.04. The van der Waals surface area contributed by atoms with Crippen LogP contribution in [0.5, 0.6) is 0 Å². The van der Waals surface area contributed by atoms with Crippen LogP contribution in [0.1, 0.15) is 39.0 Å². The maximum Gasteiger partial charge on any atom is 0.228 e. The molecule has 1 saturated heterocycles. The van der Waals surface area contributed by atoms with E-state index >= 15 is 0 Å². The number of nitrogens with zero attached hydrogens (tertiary/aromatic N) is 3. The summed E-state index contributed by atoms with van der Waals surface area (Å²) in [5.41, 5.74) is 1.01. The predicted octanol–water partition coefficient (Wildman–Crippen LogP) is 2.99. The quantitative estimate of drug-likeness (QED) is 0.803. The summed E-state index contributed by atoms with van der Waals surface area (Å²) < 4.78 is 0. The molecule has 0 unspecified atom stereocenters. The fourth-order valence-electron chi connectivity index (χ4n) is 4.12. The second-order valence-electron chi connectivity index (χ2n) is 7.04. The third-order valence-electron chi connectivity index (χ3n) is 5.58. The molecule has 1 amide bonds. The largest absolute Gasteiger partial charge is 0.313 e. The molecule has 0 aromatic heterocycles. The van der Waals surface area contributed by atoms with Gasteiger partial charge in [-0.15, -0.1) is 0 Å². The van der Waals surface area contributed by atoms with Crippen LogP contribution in [0.4, 0.5) is 5.69 Å². The minimum absolute atomic E-state index is 0.238. The van der Waals surface area contributed by atoms with Crippen LogP contribution in [0, 0.1) is 0 Å². The van der Waals surface area contributed by atoms with Gasteiger partial charge >= 0.3 is 0 Å². The Balaban J connectivity index is 1.43. The maximum atomic E-state index is 12.6. The van der Waals surface area contributed by atoms with E-state index in [-0.39, 0.29) is 5.91 Å². The molecular formula is C20H31N3O. The summed E-state index contributed by atoms with van der Waals surface area (Å²) in [4.78, 5) is 19.6. The molecule has 1 aliphatic heterocycles. The van der Waals surface area contributed by atoms with Gasteiger partial charge in [-0.2, -0.15) is 0 Å². The number of para-hydroxylation sites is 1. The van der Waals surface area contributed by atoms with E-state index in [2.05, 4.69) is 9.80 Å². The standard InChI is InChI=1S/C20H31N3O/c1-2-23(19-10-4-3-5-11-19)20(24)12-13-21-14-16-22(17-15-21)18-8-6-7-9-18/h3-5,10-11,18H,2,6-9,12-17H2,1H3. The Kier molecular flexibility index (Phi) is 6.27. The van der Waals surface area contributed by atoms with Crippen LogP contribution in [0.2, 0.25) is 0 Å². The Hall–Kier alpha value is -1.39. The highest BCUT2D eigenvalue weighted by molar-refractivity contribution is 5.93. The van der Waals surface area contributed by atoms with Crippen molar-refractivity contribution < 1.29 is 4.79 Å². The Labute approximate surface area is 146 Å². The van der Waals surface area contributed by atoms with Gasteiger partial charge in [-0.1, -0.05) is 31.0 Å². The lowest BCUT2D eigenvalue weighted by Crippen LogP contribution is -2.50. The van der Waals surface area contributed by atoms with Crippen molar-refractivity contribution in [1.29, 1.82) is 0 Å². The molecular weight excluding hydrogens is 298 g/mol. The number of hydrogen-bond donors (Lipinski definition) is 0. The summed E-state index contributed by atoms with van der Waals surface area (Å²) in [5.74, 6) is 0.238. The second kappa shape index (κ2) is 8.63. The summed E-state index contributed by atoms with van der Waals surface area (Å²) in [5, 5.41) is 0. The first-order valence-corrected chi connectivity index (χ1v) is 9.59. The minimum atomic E-state index is 0.238. The SMILES string of the molecule is CCN(C(=O)CCN1CCN(C2CCCC2)CC1)c1ccccc1. The molecule has 24 heavy (non-hydrogen) atoms. The fraction of sp³-hybridized carbons (Fsp3) is 0.650. The number of carbonyl (C=O) groups excluding carboxylic acids is 1. The predicted molar refractivity (Wildman–Crippen MR) is 99.4 cm³/mol. The van der Waals surface area contributed by atoms with Crippen molar-refractivity contribution in [2.45, 2.75) is 45.1 Å². The van der Waals surface area contributed by atoms with E-state index in [0.29, 0.717) is 6.42 Å². The molecule has 132 valence electrons. The zero-order valence-electron chi connectivity index (χ0n) is 15.0. The third kappa shape index (κ3) is 4.37.